The molecule has 12 aliphatic rings. The number of rotatable bonds is 20. The van der Waals surface area contributed by atoms with Gasteiger partial charge in [-0.25, -0.2) is 19.2 Å². The largest absolute Gasteiger partial charge is 0.458 e. The second kappa shape index (κ2) is 35.7. The van der Waals surface area contributed by atoms with E-state index in [-0.39, 0.29) is 70.3 Å². The summed E-state index contributed by atoms with van der Waals surface area (Å²) >= 11 is 0. The average molecular weight is 1350 g/mol. The second-order valence-corrected chi connectivity index (χ2v) is 37.5. The summed E-state index contributed by atoms with van der Waals surface area (Å²) in [6.07, 6.45) is 62.0. The Balaban J connectivity index is 0.919. The number of benzene rings is 1. The van der Waals surface area contributed by atoms with Gasteiger partial charge in [-0.3, -0.25) is 0 Å². The molecular formula is C90H142O8. The van der Waals surface area contributed by atoms with Crippen molar-refractivity contribution in [1.29, 1.82) is 0 Å². The molecule has 1 aromatic rings. The van der Waals surface area contributed by atoms with E-state index in [0.29, 0.717) is 94.7 Å². The lowest BCUT2D eigenvalue weighted by molar-refractivity contribution is -0.0530. The third kappa shape index (κ3) is 18.1. The van der Waals surface area contributed by atoms with Gasteiger partial charge in [0.15, 0.2) is 0 Å². The van der Waals surface area contributed by atoms with Crippen LogP contribution < -0.4 is 0 Å². The van der Waals surface area contributed by atoms with Gasteiger partial charge in [0.1, 0.15) is 24.4 Å². The van der Waals surface area contributed by atoms with Gasteiger partial charge in [0.25, 0.3) is 0 Å². The molecule has 0 heterocycles. The van der Waals surface area contributed by atoms with Crippen molar-refractivity contribution in [2.75, 3.05) is 0 Å². The maximum atomic E-state index is 16.4. The summed E-state index contributed by atoms with van der Waals surface area (Å²) in [6, 6.07) is 3.31. The van der Waals surface area contributed by atoms with Crippen molar-refractivity contribution in [2.24, 2.45) is 118 Å². The molecule has 0 bridgehead atoms. The highest BCUT2D eigenvalue weighted by Gasteiger charge is 2.50. The van der Waals surface area contributed by atoms with Crippen LogP contribution in [0.1, 0.15) is 403 Å². The maximum absolute atomic E-state index is 16.4. The van der Waals surface area contributed by atoms with E-state index in [0.717, 1.165) is 77.0 Å². The molecule has 12 fully saturated rings. The van der Waals surface area contributed by atoms with E-state index >= 15 is 19.2 Å². The fraction of sp³-hybridized carbons (Fsp3) is 0.889. The molecule has 0 saturated heterocycles. The van der Waals surface area contributed by atoms with Crippen LogP contribution in [0.3, 0.4) is 0 Å². The van der Waals surface area contributed by atoms with Crippen LogP contribution in [-0.2, 0) is 18.9 Å². The predicted octanol–water partition coefficient (Wildman–Crippen LogP) is 24.6. The van der Waals surface area contributed by atoms with Crippen LogP contribution >= 0.6 is 0 Å². The van der Waals surface area contributed by atoms with Crippen LogP contribution in [0.2, 0.25) is 0 Å². The van der Waals surface area contributed by atoms with Gasteiger partial charge >= 0.3 is 23.9 Å². The minimum absolute atomic E-state index is 0.0774. The van der Waals surface area contributed by atoms with E-state index in [2.05, 4.69) is 27.7 Å². The topological polar surface area (TPSA) is 105 Å². The molecular weight excluding hydrogens is 1210 g/mol. The van der Waals surface area contributed by atoms with Gasteiger partial charge in [-0.15, -0.1) is 0 Å². The molecule has 0 unspecified atom stereocenters. The number of carbonyl (C=O) groups is 4. The van der Waals surface area contributed by atoms with E-state index < -0.39 is 23.9 Å². The minimum Gasteiger partial charge on any atom is -0.458 e. The van der Waals surface area contributed by atoms with E-state index in [1.54, 1.807) is 12.1 Å². The third-order valence-electron chi connectivity index (χ3n) is 31.0. The standard InChI is InChI=1S/C90H142O8/c1-59-45-49-71(83(63-29-13-5-14-30-63)64-31-15-6-16-32-64)79(53-59)95-87(91)75-57-77(89(93)97-81-55-61(3)47-51-73(81)85(67-37-21-9-22-38-67)68-39-23-10-24-40-68)78(90(94)98-82-56-62(4)48-52-74(82)86(69-41-25-11-26-42-69)70-43-27-12-28-44-70)58-76(75)88(92)96-80-54-60(2)46-50-72(80)84(65-33-17-7-18-34-65)66-35-19-8-20-36-66/h57-74,79-86H,5-56H2,1-4H3/t59-,60-,61-,62-,71-,72-,73-,74-,79-,80-,81-,82-/m1/s1. The van der Waals surface area contributed by atoms with Crippen LogP contribution in [0.15, 0.2) is 12.1 Å². The highest BCUT2D eigenvalue weighted by atomic mass is 16.6. The SMILES string of the molecule is C[C@@H]1CC[C@@H](C(C2CCCCC2)C2CCCCC2)[C@H](OC(=O)c2cc(C(=O)O[C@@H]3C[C@H](C)CC[C@H]3C(C3CCCCC3)C3CCCCC3)c(C(=O)O[C@@H]3C[C@H](C)CC[C@H]3C(C3CCCCC3)C3CCCCC3)cc2C(=O)O[C@@H]2C[C@H](C)CC[C@H]2C(C2CCCCC2)C2CCCCC2)C1. The van der Waals surface area contributed by atoms with E-state index in [9.17, 15) is 0 Å². The Morgan fingerprint density at radius 1 is 0.235 bits per heavy atom. The molecule has 0 spiro atoms. The summed E-state index contributed by atoms with van der Waals surface area (Å²) < 4.78 is 29.2. The minimum atomic E-state index is -0.542. The molecule has 12 aliphatic carbocycles. The lowest BCUT2D eigenvalue weighted by atomic mass is 9.60. The molecule has 1 aromatic carbocycles. The van der Waals surface area contributed by atoms with Gasteiger partial charge in [0.2, 0.25) is 0 Å². The van der Waals surface area contributed by atoms with Crippen LogP contribution in [-0.4, -0.2) is 48.3 Å². The molecule has 8 heteroatoms. The second-order valence-electron chi connectivity index (χ2n) is 37.5. The molecule has 0 amide bonds. The molecule has 0 aliphatic heterocycles. The lowest BCUT2D eigenvalue weighted by Crippen LogP contribution is -2.44. The van der Waals surface area contributed by atoms with Crippen LogP contribution in [0.25, 0.3) is 0 Å². The zero-order valence-corrected chi connectivity index (χ0v) is 63.0. The van der Waals surface area contributed by atoms with Crippen molar-refractivity contribution >= 4 is 23.9 Å². The molecule has 550 valence electrons. The smallest absolute Gasteiger partial charge is 0.339 e. The van der Waals surface area contributed by atoms with Crippen molar-refractivity contribution < 1.29 is 38.1 Å². The summed E-state index contributed by atoms with van der Waals surface area (Å²) in [7, 11) is 0. The number of hydrogen-bond acceptors (Lipinski definition) is 8. The van der Waals surface area contributed by atoms with Crippen LogP contribution in [0.4, 0.5) is 0 Å². The third-order valence-corrected chi connectivity index (χ3v) is 31.0. The summed E-state index contributed by atoms with van der Waals surface area (Å²) in [5, 5.41) is 0. The first-order valence-electron chi connectivity index (χ1n) is 43.9. The Morgan fingerprint density at radius 3 is 0.541 bits per heavy atom. The lowest BCUT2D eigenvalue weighted by Gasteiger charge is -2.47. The van der Waals surface area contributed by atoms with Gasteiger partial charge in [0.05, 0.1) is 22.3 Å². The van der Waals surface area contributed by atoms with Crippen LogP contribution in [0, 0.1) is 118 Å². The quantitative estimate of drug-likeness (QED) is 0.0939. The Labute approximate surface area is 597 Å². The fourth-order valence-corrected chi connectivity index (χ4v) is 26.3. The summed E-state index contributed by atoms with van der Waals surface area (Å²) in [4.78, 5) is 65.8. The number of carbonyl (C=O) groups excluding carboxylic acids is 4. The van der Waals surface area contributed by atoms with E-state index in [4.69, 9.17) is 18.9 Å². The summed E-state index contributed by atoms with van der Waals surface area (Å²) in [6.45, 7) is 9.38. The highest BCUT2D eigenvalue weighted by molar-refractivity contribution is 6.10. The van der Waals surface area contributed by atoms with Gasteiger partial charge in [0, 0.05) is 0 Å². The van der Waals surface area contributed by atoms with Gasteiger partial charge in [-0.2, -0.15) is 0 Å². The Hall–Kier alpha value is -2.90. The van der Waals surface area contributed by atoms with Crippen molar-refractivity contribution in [3.63, 3.8) is 0 Å². The Kier molecular flexibility index (Phi) is 26.8. The summed E-state index contributed by atoms with van der Waals surface area (Å²) in [5.41, 5.74) is 0.309. The molecule has 12 saturated carbocycles. The van der Waals surface area contributed by atoms with Crippen molar-refractivity contribution in [1.82, 2.24) is 0 Å². The number of ether oxygens (including phenoxy) is 4. The van der Waals surface area contributed by atoms with Crippen molar-refractivity contribution in [3.05, 3.63) is 34.4 Å². The van der Waals surface area contributed by atoms with Gasteiger partial charge in [-0.05, 0) is 182 Å². The first kappa shape index (κ1) is 73.4. The van der Waals surface area contributed by atoms with E-state index in [1.165, 1.54) is 257 Å². The maximum Gasteiger partial charge on any atom is 0.339 e. The molecule has 13 rings (SSSR count). The predicted molar refractivity (Wildman–Crippen MR) is 396 cm³/mol. The normalized spacial score (nSPS) is 33.6. The molecule has 8 nitrogen and oxygen atoms in total. The van der Waals surface area contributed by atoms with Crippen molar-refractivity contribution in [2.45, 2.75) is 386 Å². The summed E-state index contributed by atoms with van der Waals surface area (Å²) in [5.74, 6) is 7.40. The van der Waals surface area contributed by atoms with Gasteiger partial charge in [-0.1, -0.05) is 310 Å². The Bertz CT molecular complexity index is 2220. The highest BCUT2D eigenvalue weighted by Crippen LogP contribution is 2.55. The first-order chi connectivity index (χ1) is 47.9. The van der Waals surface area contributed by atoms with Gasteiger partial charge < -0.3 is 18.9 Å². The van der Waals surface area contributed by atoms with Crippen LogP contribution in [0.5, 0.6) is 0 Å². The van der Waals surface area contributed by atoms with Crippen molar-refractivity contribution in [3.8, 4) is 0 Å². The monoisotopic (exact) mass is 1350 g/mol. The molecule has 0 radical (unpaired) electrons. The van der Waals surface area contributed by atoms with E-state index in [1.807, 2.05) is 0 Å². The zero-order valence-electron chi connectivity index (χ0n) is 63.0. The average Bonchev–Trinajstić information content (AvgIpc) is 0.800. The first-order valence-corrected chi connectivity index (χ1v) is 43.9. The number of hydrogen-bond donors (Lipinski definition) is 0. The molecule has 0 aromatic heterocycles. The fourth-order valence-electron chi connectivity index (χ4n) is 26.3. The molecule has 98 heavy (non-hydrogen) atoms. The number of esters is 4. The zero-order chi connectivity index (χ0) is 67.5. The molecule has 0 N–H and O–H groups in total. The molecule has 12 atom stereocenters. The Morgan fingerprint density at radius 2 is 0.388 bits per heavy atom.